The monoisotopic (exact) mass is 464 g/mol. The standard InChI is InChI=1S/C27H32N2O5/c1-16-9-8-14-29(24(16)26(31)32)25(30)17(2)18(3)28-27(33)34-15-23-21-12-6-4-10-19(21)20-11-5-7-13-22(20)23/h4-7,10-13,16-18,23-24H,8-9,14-15H2,1-3H3,(H,28,33)(H,31,32). The Morgan fingerprint density at radius 2 is 1.65 bits per heavy atom. The Hall–Kier alpha value is -3.35. The highest BCUT2D eigenvalue weighted by molar-refractivity contribution is 5.86. The molecule has 7 heteroatoms. The number of hydrogen-bond acceptors (Lipinski definition) is 4. The van der Waals surface area contributed by atoms with Gasteiger partial charge in [0.05, 0.1) is 5.92 Å². The van der Waals surface area contributed by atoms with E-state index >= 15 is 0 Å². The third-order valence-electron chi connectivity index (χ3n) is 7.30. The molecular formula is C27H32N2O5. The number of ether oxygens (including phenoxy) is 1. The van der Waals surface area contributed by atoms with Crippen LogP contribution < -0.4 is 5.32 Å². The Labute approximate surface area is 200 Å². The van der Waals surface area contributed by atoms with E-state index in [0.717, 1.165) is 35.1 Å². The summed E-state index contributed by atoms with van der Waals surface area (Å²) < 4.78 is 5.59. The summed E-state index contributed by atoms with van der Waals surface area (Å²) in [6, 6.07) is 14.9. The number of nitrogens with zero attached hydrogens (tertiary/aromatic N) is 1. The number of benzene rings is 2. The summed E-state index contributed by atoms with van der Waals surface area (Å²) in [7, 11) is 0. The normalized spacial score (nSPS) is 21.2. The molecule has 4 atom stereocenters. The van der Waals surface area contributed by atoms with Crippen molar-refractivity contribution < 1.29 is 24.2 Å². The molecule has 1 aliphatic carbocycles. The third kappa shape index (κ3) is 4.52. The summed E-state index contributed by atoms with van der Waals surface area (Å²) in [4.78, 5) is 38.9. The minimum absolute atomic E-state index is 0.0429. The highest BCUT2D eigenvalue weighted by Crippen LogP contribution is 2.44. The lowest BCUT2D eigenvalue weighted by Crippen LogP contribution is -2.55. The minimum Gasteiger partial charge on any atom is -0.480 e. The highest BCUT2D eigenvalue weighted by Gasteiger charge is 2.39. The van der Waals surface area contributed by atoms with Crippen LogP contribution in [0.25, 0.3) is 11.1 Å². The number of piperidine rings is 1. The number of amides is 2. The number of rotatable bonds is 6. The molecule has 34 heavy (non-hydrogen) atoms. The number of hydrogen-bond donors (Lipinski definition) is 2. The lowest BCUT2D eigenvalue weighted by Gasteiger charge is -2.39. The van der Waals surface area contributed by atoms with Gasteiger partial charge in [-0.15, -0.1) is 0 Å². The zero-order valence-electron chi connectivity index (χ0n) is 19.9. The zero-order valence-corrected chi connectivity index (χ0v) is 19.9. The summed E-state index contributed by atoms with van der Waals surface area (Å²) in [5.41, 5.74) is 4.57. The van der Waals surface area contributed by atoms with E-state index in [4.69, 9.17) is 4.74 Å². The van der Waals surface area contributed by atoms with Crippen molar-refractivity contribution in [3.63, 3.8) is 0 Å². The maximum atomic E-state index is 13.1. The number of alkyl carbamates (subject to hydrolysis) is 1. The van der Waals surface area contributed by atoms with E-state index in [2.05, 4.69) is 29.6 Å². The molecule has 0 bridgehead atoms. The van der Waals surface area contributed by atoms with Crippen molar-refractivity contribution in [2.45, 2.75) is 51.6 Å². The van der Waals surface area contributed by atoms with Gasteiger partial charge in [0.2, 0.25) is 5.91 Å². The molecule has 0 saturated carbocycles. The van der Waals surface area contributed by atoms with E-state index < -0.39 is 30.1 Å². The summed E-state index contributed by atoms with van der Waals surface area (Å²) in [5.74, 6) is -1.96. The number of fused-ring (bicyclic) bond motifs is 3. The Kier molecular flexibility index (Phi) is 6.91. The quantitative estimate of drug-likeness (QED) is 0.666. The van der Waals surface area contributed by atoms with Gasteiger partial charge in [0.1, 0.15) is 12.6 Å². The fourth-order valence-electron chi connectivity index (χ4n) is 5.24. The van der Waals surface area contributed by atoms with Gasteiger partial charge in [0, 0.05) is 18.5 Å². The van der Waals surface area contributed by atoms with E-state index in [1.165, 1.54) is 4.90 Å². The molecule has 0 aromatic heterocycles. The third-order valence-corrected chi connectivity index (χ3v) is 7.30. The van der Waals surface area contributed by atoms with Crippen LogP contribution in [0.5, 0.6) is 0 Å². The van der Waals surface area contributed by atoms with Gasteiger partial charge >= 0.3 is 12.1 Å². The van der Waals surface area contributed by atoms with Gasteiger partial charge in [-0.25, -0.2) is 9.59 Å². The van der Waals surface area contributed by atoms with Crippen molar-refractivity contribution >= 4 is 18.0 Å². The number of carbonyl (C=O) groups excluding carboxylic acids is 2. The van der Waals surface area contributed by atoms with Crippen molar-refractivity contribution in [3.05, 3.63) is 59.7 Å². The fourth-order valence-corrected chi connectivity index (χ4v) is 5.24. The first-order chi connectivity index (χ1) is 16.3. The molecule has 0 radical (unpaired) electrons. The van der Waals surface area contributed by atoms with Gasteiger partial charge in [-0.05, 0) is 47.9 Å². The molecule has 1 saturated heterocycles. The van der Waals surface area contributed by atoms with Crippen LogP contribution >= 0.6 is 0 Å². The predicted octanol–water partition coefficient (Wildman–Crippen LogP) is 4.26. The van der Waals surface area contributed by atoms with E-state index in [0.29, 0.717) is 6.54 Å². The van der Waals surface area contributed by atoms with E-state index in [9.17, 15) is 19.5 Å². The number of likely N-dealkylation sites (tertiary alicyclic amines) is 1. The average Bonchev–Trinajstić information content (AvgIpc) is 3.15. The van der Waals surface area contributed by atoms with Crippen molar-refractivity contribution in [2.75, 3.05) is 13.2 Å². The molecular weight excluding hydrogens is 432 g/mol. The van der Waals surface area contributed by atoms with Gasteiger partial charge in [0.25, 0.3) is 0 Å². The van der Waals surface area contributed by atoms with E-state index in [1.807, 2.05) is 31.2 Å². The van der Waals surface area contributed by atoms with Gasteiger partial charge in [-0.2, -0.15) is 0 Å². The molecule has 1 fully saturated rings. The summed E-state index contributed by atoms with van der Waals surface area (Å²) in [6.45, 7) is 5.94. The predicted molar refractivity (Wildman–Crippen MR) is 128 cm³/mol. The van der Waals surface area contributed by atoms with Crippen LogP contribution in [0.2, 0.25) is 0 Å². The van der Waals surface area contributed by atoms with Gasteiger partial charge < -0.3 is 20.1 Å². The molecule has 4 rings (SSSR count). The second kappa shape index (κ2) is 9.87. The zero-order chi connectivity index (χ0) is 24.4. The minimum atomic E-state index is -0.982. The van der Waals surface area contributed by atoms with Crippen LogP contribution in [0.15, 0.2) is 48.5 Å². The van der Waals surface area contributed by atoms with Crippen molar-refractivity contribution in [2.24, 2.45) is 11.8 Å². The van der Waals surface area contributed by atoms with Gasteiger partial charge in [-0.3, -0.25) is 4.79 Å². The first kappa shape index (κ1) is 23.8. The molecule has 2 aromatic rings. The summed E-state index contributed by atoms with van der Waals surface area (Å²) in [6.07, 6.45) is 0.969. The average molecular weight is 465 g/mol. The second-order valence-electron chi connectivity index (χ2n) is 9.48. The molecule has 2 aliphatic rings. The Morgan fingerprint density at radius 3 is 2.24 bits per heavy atom. The maximum Gasteiger partial charge on any atom is 0.407 e. The SMILES string of the molecule is CC1CCCN(C(=O)C(C)C(C)NC(=O)OCC2c3ccccc3-c3ccccc32)C1C(=O)O. The first-order valence-electron chi connectivity index (χ1n) is 11.9. The van der Waals surface area contributed by atoms with Gasteiger partial charge in [-0.1, -0.05) is 62.4 Å². The summed E-state index contributed by atoms with van der Waals surface area (Å²) in [5, 5.41) is 12.4. The molecule has 2 N–H and O–H groups in total. The van der Waals surface area contributed by atoms with E-state index in [1.54, 1.807) is 13.8 Å². The lowest BCUT2D eigenvalue weighted by atomic mass is 9.89. The highest BCUT2D eigenvalue weighted by atomic mass is 16.5. The van der Waals surface area contributed by atoms with Crippen molar-refractivity contribution in [1.82, 2.24) is 10.2 Å². The van der Waals surface area contributed by atoms with Crippen LogP contribution in [0.1, 0.15) is 50.7 Å². The first-order valence-corrected chi connectivity index (χ1v) is 11.9. The molecule has 180 valence electrons. The number of aliphatic carboxylic acids is 1. The Bertz CT molecular complexity index is 1040. The molecule has 1 aliphatic heterocycles. The number of carbonyl (C=O) groups is 3. The molecule has 7 nitrogen and oxygen atoms in total. The lowest BCUT2D eigenvalue weighted by molar-refractivity contribution is -0.156. The Morgan fingerprint density at radius 1 is 1.06 bits per heavy atom. The molecule has 2 amide bonds. The van der Waals surface area contributed by atoms with Gasteiger partial charge in [0.15, 0.2) is 0 Å². The molecule has 2 aromatic carbocycles. The van der Waals surface area contributed by atoms with Crippen LogP contribution in [0.3, 0.4) is 0 Å². The second-order valence-corrected chi connectivity index (χ2v) is 9.48. The smallest absolute Gasteiger partial charge is 0.407 e. The van der Waals surface area contributed by atoms with Crippen molar-refractivity contribution in [1.29, 1.82) is 0 Å². The van der Waals surface area contributed by atoms with Crippen LogP contribution in [-0.2, 0) is 14.3 Å². The summed E-state index contributed by atoms with van der Waals surface area (Å²) >= 11 is 0. The molecule has 4 unspecified atom stereocenters. The molecule has 0 spiro atoms. The largest absolute Gasteiger partial charge is 0.480 e. The van der Waals surface area contributed by atoms with E-state index in [-0.39, 0.29) is 24.3 Å². The van der Waals surface area contributed by atoms with Crippen molar-refractivity contribution in [3.8, 4) is 11.1 Å². The van der Waals surface area contributed by atoms with Crippen LogP contribution in [0.4, 0.5) is 4.79 Å². The number of carboxylic acids is 1. The molecule has 1 heterocycles. The van der Waals surface area contributed by atoms with Crippen LogP contribution in [-0.4, -0.2) is 53.2 Å². The fraction of sp³-hybridized carbons (Fsp3) is 0.444. The maximum absolute atomic E-state index is 13.1. The topological polar surface area (TPSA) is 95.9 Å². The number of nitrogens with one attached hydrogen (secondary N) is 1. The number of carboxylic acid groups (broad SMARTS) is 1. The van der Waals surface area contributed by atoms with Crippen LogP contribution in [0, 0.1) is 11.8 Å². The Balaban J connectivity index is 1.37.